The topological polar surface area (TPSA) is 115 Å². The number of hydrogen-bond acceptors (Lipinski definition) is 7. The van der Waals surface area contributed by atoms with E-state index in [1.165, 1.54) is 31.6 Å². The lowest BCUT2D eigenvalue weighted by atomic mass is 9.88. The molecule has 3 heterocycles. The Hall–Kier alpha value is -3.13. The molecule has 1 spiro atoms. The number of anilines is 1. The highest BCUT2D eigenvalue weighted by molar-refractivity contribution is 7.90. The van der Waals surface area contributed by atoms with Gasteiger partial charge in [0, 0.05) is 13.6 Å². The zero-order chi connectivity index (χ0) is 27.1. The number of nitrogens with one attached hydrogen (secondary N) is 2. The Morgan fingerprint density at radius 2 is 2.03 bits per heavy atom. The van der Waals surface area contributed by atoms with Gasteiger partial charge in [-0.3, -0.25) is 14.1 Å². The standard InChI is InChI=1S/C25H29F2N5O5S/c1-3-31(2)38(34,35)30-21-7-5-19(26)23(22(21)27)37-17-4-6-20-18(12-17)24(33)32(15-29-20)16-13-25(36-14-16)8-10-28-11-9-25/h4-7,12,15-16,28,30H,3,8-11,13-14H2,1-2H3. The highest BCUT2D eigenvalue weighted by atomic mass is 32.2. The van der Waals surface area contributed by atoms with Gasteiger partial charge >= 0.3 is 10.2 Å². The molecule has 2 saturated heterocycles. The lowest BCUT2D eigenvalue weighted by Crippen LogP contribution is -2.41. The third kappa shape index (κ3) is 4.98. The zero-order valence-electron chi connectivity index (χ0n) is 21.0. The predicted octanol–water partition coefficient (Wildman–Crippen LogP) is 3.16. The van der Waals surface area contributed by atoms with E-state index in [2.05, 4.69) is 15.0 Å². The minimum absolute atomic E-state index is 0.00451. The highest BCUT2D eigenvalue weighted by Crippen LogP contribution is 2.39. The molecule has 2 aliphatic rings. The first-order valence-electron chi connectivity index (χ1n) is 12.4. The van der Waals surface area contributed by atoms with Gasteiger partial charge in [0.05, 0.1) is 41.2 Å². The summed E-state index contributed by atoms with van der Waals surface area (Å²) in [5.74, 6) is -3.06. The average molecular weight is 550 g/mol. The molecule has 13 heteroatoms. The molecule has 2 aromatic carbocycles. The van der Waals surface area contributed by atoms with Crippen LogP contribution in [0.15, 0.2) is 41.5 Å². The lowest BCUT2D eigenvalue weighted by molar-refractivity contribution is -0.0196. The van der Waals surface area contributed by atoms with E-state index in [9.17, 15) is 17.6 Å². The van der Waals surface area contributed by atoms with E-state index in [1.54, 1.807) is 11.5 Å². The second-order valence-corrected chi connectivity index (χ2v) is 11.4. The van der Waals surface area contributed by atoms with Crippen LogP contribution in [0.25, 0.3) is 10.9 Å². The van der Waals surface area contributed by atoms with Gasteiger partial charge in [0.2, 0.25) is 5.75 Å². The van der Waals surface area contributed by atoms with Gasteiger partial charge in [0.25, 0.3) is 5.56 Å². The minimum atomic E-state index is -4.05. The molecule has 2 fully saturated rings. The van der Waals surface area contributed by atoms with E-state index in [0.29, 0.717) is 18.5 Å². The smallest absolute Gasteiger partial charge is 0.301 e. The lowest BCUT2D eigenvalue weighted by Gasteiger charge is -2.32. The van der Waals surface area contributed by atoms with Crippen molar-refractivity contribution in [3.8, 4) is 11.5 Å². The number of hydrogen-bond donors (Lipinski definition) is 2. The number of nitrogens with zero attached hydrogens (tertiary/aromatic N) is 3. The Bertz CT molecular complexity index is 1520. The summed E-state index contributed by atoms with van der Waals surface area (Å²) >= 11 is 0. The van der Waals surface area contributed by atoms with Crippen LogP contribution in [0.5, 0.6) is 11.5 Å². The Labute approximate surface area is 218 Å². The molecule has 2 N–H and O–H groups in total. The summed E-state index contributed by atoms with van der Waals surface area (Å²) in [5, 5.41) is 3.54. The van der Waals surface area contributed by atoms with Crippen LogP contribution in [0.2, 0.25) is 0 Å². The van der Waals surface area contributed by atoms with E-state index in [4.69, 9.17) is 9.47 Å². The summed E-state index contributed by atoms with van der Waals surface area (Å²) in [6, 6.07) is 6.02. The molecule has 38 heavy (non-hydrogen) atoms. The number of halogens is 2. The highest BCUT2D eigenvalue weighted by Gasteiger charge is 2.42. The SMILES string of the molecule is CCN(C)S(=O)(=O)Nc1ccc(F)c(Oc2ccc3ncn(C4COC5(CCNCC5)C4)c(=O)c3c2)c1F. The second kappa shape index (κ2) is 10.2. The van der Waals surface area contributed by atoms with Crippen molar-refractivity contribution in [3.63, 3.8) is 0 Å². The molecular formula is C25H29F2N5O5S. The first-order chi connectivity index (χ1) is 18.1. The van der Waals surface area contributed by atoms with Crippen LogP contribution in [-0.2, 0) is 14.9 Å². The Morgan fingerprint density at radius 3 is 2.76 bits per heavy atom. The maximum atomic E-state index is 15.1. The molecular weight excluding hydrogens is 520 g/mol. The van der Waals surface area contributed by atoms with Crippen LogP contribution in [-0.4, -0.2) is 61.2 Å². The van der Waals surface area contributed by atoms with Crippen LogP contribution < -0.4 is 20.3 Å². The van der Waals surface area contributed by atoms with E-state index in [1.807, 2.05) is 0 Å². The van der Waals surface area contributed by atoms with Gasteiger partial charge in [-0.05, 0) is 62.7 Å². The minimum Gasteiger partial charge on any atom is -0.451 e. The monoisotopic (exact) mass is 549 g/mol. The molecule has 0 aliphatic carbocycles. The van der Waals surface area contributed by atoms with Crippen LogP contribution in [0, 0.1) is 11.6 Å². The van der Waals surface area contributed by atoms with Crippen molar-refractivity contribution in [2.45, 2.75) is 37.8 Å². The van der Waals surface area contributed by atoms with Gasteiger partial charge in [-0.15, -0.1) is 0 Å². The molecule has 204 valence electrons. The Morgan fingerprint density at radius 1 is 1.26 bits per heavy atom. The van der Waals surface area contributed by atoms with Gasteiger partial charge < -0.3 is 14.8 Å². The van der Waals surface area contributed by atoms with Crippen molar-refractivity contribution in [1.82, 2.24) is 19.2 Å². The van der Waals surface area contributed by atoms with Crippen LogP contribution >= 0.6 is 0 Å². The van der Waals surface area contributed by atoms with Crippen molar-refractivity contribution in [2.24, 2.45) is 0 Å². The first-order valence-corrected chi connectivity index (χ1v) is 13.8. The largest absolute Gasteiger partial charge is 0.451 e. The Balaban J connectivity index is 1.44. The number of fused-ring (bicyclic) bond motifs is 1. The van der Waals surface area contributed by atoms with Crippen molar-refractivity contribution in [3.05, 3.63) is 58.6 Å². The fourth-order valence-corrected chi connectivity index (χ4v) is 5.81. The molecule has 0 saturated carbocycles. The van der Waals surface area contributed by atoms with E-state index < -0.39 is 33.3 Å². The fourth-order valence-electron chi connectivity index (χ4n) is 4.88. The van der Waals surface area contributed by atoms with Gasteiger partial charge in [-0.2, -0.15) is 12.7 Å². The summed E-state index contributed by atoms with van der Waals surface area (Å²) in [6.45, 7) is 3.89. The van der Waals surface area contributed by atoms with E-state index in [-0.39, 0.29) is 34.9 Å². The first kappa shape index (κ1) is 26.5. The van der Waals surface area contributed by atoms with Crippen molar-refractivity contribution in [2.75, 3.05) is 38.0 Å². The number of rotatable bonds is 7. The van der Waals surface area contributed by atoms with Crippen molar-refractivity contribution < 1.29 is 26.7 Å². The van der Waals surface area contributed by atoms with Gasteiger partial charge in [-0.1, -0.05) is 6.92 Å². The third-order valence-electron chi connectivity index (χ3n) is 7.22. The number of piperidine rings is 1. The van der Waals surface area contributed by atoms with Gasteiger partial charge in [0.15, 0.2) is 11.6 Å². The zero-order valence-corrected chi connectivity index (χ0v) is 21.9. The number of aromatic nitrogens is 2. The molecule has 1 atom stereocenters. The molecule has 1 unspecified atom stereocenters. The maximum Gasteiger partial charge on any atom is 0.301 e. The van der Waals surface area contributed by atoms with Crippen LogP contribution in [0.1, 0.15) is 32.2 Å². The summed E-state index contributed by atoms with van der Waals surface area (Å²) in [4.78, 5) is 17.8. The quantitative estimate of drug-likeness (QED) is 0.465. The molecule has 5 rings (SSSR count). The molecule has 2 aliphatic heterocycles. The molecule has 0 radical (unpaired) electrons. The molecule has 3 aromatic rings. The normalized spacial score (nSPS) is 19.3. The maximum absolute atomic E-state index is 15.1. The average Bonchev–Trinajstić information content (AvgIpc) is 3.31. The summed E-state index contributed by atoms with van der Waals surface area (Å²) in [6.07, 6.45) is 3.95. The summed E-state index contributed by atoms with van der Waals surface area (Å²) in [5.41, 5.74) is -0.633. The van der Waals surface area contributed by atoms with Crippen LogP contribution in [0.3, 0.4) is 0 Å². The fraction of sp³-hybridized carbons (Fsp3) is 0.440. The predicted molar refractivity (Wildman–Crippen MR) is 138 cm³/mol. The molecule has 10 nitrogen and oxygen atoms in total. The second-order valence-electron chi connectivity index (χ2n) is 9.60. The molecule has 0 bridgehead atoms. The summed E-state index contributed by atoms with van der Waals surface area (Å²) < 4.78 is 70.6. The van der Waals surface area contributed by atoms with Crippen LogP contribution in [0.4, 0.5) is 14.5 Å². The van der Waals surface area contributed by atoms with E-state index >= 15 is 4.39 Å². The number of benzene rings is 2. The molecule has 1 aromatic heterocycles. The van der Waals surface area contributed by atoms with Gasteiger partial charge in [0.1, 0.15) is 5.75 Å². The van der Waals surface area contributed by atoms with Crippen molar-refractivity contribution in [1.29, 1.82) is 0 Å². The third-order valence-corrected chi connectivity index (χ3v) is 8.77. The molecule has 0 amide bonds. The Kier molecular flexibility index (Phi) is 7.11. The van der Waals surface area contributed by atoms with E-state index in [0.717, 1.165) is 42.4 Å². The summed E-state index contributed by atoms with van der Waals surface area (Å²) in [7, 11) is -2.73. The van der Waals surface area contributed by atoms with Gasteiger partial charge in [-0.25, -0.2) is 13.8 Å². The number of ether oxygens (including phenoxy) is 2. The van der Waals surface area contributed by atoms with Crippen molar-refractivity contribution >= 4 is 26.8 Å².